The molecule has 0 bridgehead atoms. The number of aromatic nitrogens is 2. The maximum atomic E-state index is 6.28. The minimum Gasteiger partial charge on any atom is -0.493 e. The molecule has 1 atom stereocenters. The molecule has 0 spiro atoms. The molecule has 1 fully saturated rings. The number of hydrogen-bond donors (Lipinski definition) is 2. The van der Waals surface area contributed by atoms with Gasteiger partial charge in [-0.2, -0.15) is 0 Å². The summed E-state index contributed by atoms with van der Waals surface area (Å²) in [5.74, 6) is 2.98. The van der Waals surface area contributed by atoms with E-state index in [4.69, 9.17) is 19.4 Å². The van der Waals surface area contributed by atoms with Gasteiger partial charge in [-0.3, -0.25) is 0 Å². The highest BCUT2D eigenvalue weighted by Gasteiger charge is 2.17. The number of benzene rings is 2. The van der Waals surface area contributed by atoms with Gasteiger partial charge in [0.1, 0.15) is 11.6 Å². The molecule has 2 aromatic carbocycles. The molecule has 5 rings (SSSR count). The molecule has 0 radical (unpaired) electrons. The second-order valence-corrected chi connectivity index (χ2v) is 12.9. The quantitative estimate of drug-likeness (QED) is 0.123. The molecule has 2 aromatic heterocycles. The molecular formula is C36H49N5O2S. The fourth-order valence-electron chi connectivity index (χ4n) is 6.11. The van der Waals surface area contributed by atoms with Gasteiger partial charge >= 0.3 is 0 Å². The van der Waals surface area contributed by atoms with Crippen LogP contribution in [-0.2, 0) is 6.54 Å². The van der Waals surface area contributed by atoms with E-state index in [0.717, 1.165) is 41.3 Å². The number of nitrogens with one attached hydrogen (secondary N) is 2. The van der Waals surface area contributed by atoms with Crippen LogP contribution in [0.25, 0.3) is 22.0 Å². The molecule has 0 saturated carbocycles. The highest BCUT2D eigenvalue weighted by molar-refractivity contribution is 7.10. The second-order valence-electron chi connectivity index (χ2n) is 11.9. The van der Waals surface area contributed by atoms with Gasteiger partial charge in [-0.15, -0.1) is 11.3 Å². The summed E-state index contributed by atoms with van der Waals surface area (Å²) in [4.78, 5) is 13.4. The average Bonchev–Trinajstić information content (AvgIpc) is 3.53. The van der Waals surface area contributed by atoms with Crippen molar-refractivity contribution in [3.63, 3.8) is 0 Å². The Balaban J connectivity index is 1.21. The van der Waals surface area contributed by atoms with E-state index >= 15 is 0 Å². The summed E-state index contributed by atoms with van der Waals surface area (Å²) >= 11 is 1.77. The first-order valence-electron chi connectivity index (χ1n) is 16.3. The van der Waals surface area contributed by atoms with Crippen molar-refractivity contribution in [2.75, 3.05) is 45.7 Å². The molecule has 4 aromatic rings. The number of ether oxygens (including phenoxy) is 2. The standard InChI is InChI=1S/C36H49N5O2S/c1-26(35-21-29(25-44-35)30-16-10-9-15-28(30)24-37-3)38-36-31-22-34(33(42-4)23-32(31)39-27(2)40-36)43-20-14-7-5-6-11-17-41-18-12-8-13-19-41/h9-10,15-16,21-23,25-26,37H,5-8,11-14,17-20,24H2,1-4H3,(H,38,39,40)/t26-/m1/s1. The first kappa shape index (κ1) is 32.2. The predicted octanol–water partition coefficient (Wildman–Crippen LogP) is 8.38. The van der Waals surface area contributed by atoms with E-state index in [1.807, 2.05) is 26.1 Å². The lowest BCUT2D eigenvalue weighted by Crippen LogP contribution is -2.30. The van der Waals surface area contributed by atoms with Gasteiger partial charge in [-0.1, -0.05) is 49.9 Å². The molecule has 44 heavy (non-hydrogen) atoms. The summed E-state index contributed by atoms with van der Waals surface area (Å²) < 4.78 is 12.0. The number of piperidine rings is 1. The van der Waals surface area contributed by atoms with E-state index < -0.39 is 0 Å². The molecule has 0 unspecified atom stereocenters. The van der Waals surface area contributed by atoms with Crippen molar-refractivity contribution in [3.05, 3.63) is 64.1 Å². The highest BCUT2D eigenvalue weighted by Crippen LogP contribution is 2.37. The Morgan fingerprint density at radius 1 is 0.955 bits per heavy atom. The van der Waals surface area contributed by atoms with Crippen LogP contribution in [0, 0.1) is 6.92 Å². The Morgan fingerprint density at radius 3 is 2.57 bits per heavy atom. The fraction of sp³-hybridized carbons (Fsp3) is 0.500. The zero-order valence-corrected chi connectivity index (χ0v) is 27.8. The molecule has 3 heterocycles. The molecule has 1 aliphatic rings. The van der Waals surface area contributed by atoms with Crippen molar-refractivity contribution in [1.29, 1.82) is 0 Å². The summed E-state index contributed by atoms with van der Waals surface area (Å²) in [6.45, 7) is 9.49. The lowest BCUT2D eigenvalue weighted by Gasteiger charge is -2.26. The number of nitrogens with zero attached hydrogens (tertiary/aromatic N) is 3. The average molecular weight is 616 g/mol. The molecule has 0 amide bonds. The van der Waals surface area contributed by atoms with Crippen LogP contribution < -0.4 is 20.1 Å². The number of fused-ring (bicyclic) bond motifs is 1. The van der Waals surface area contributed by atoms with Crippen LogP contribution in [0.3, 0.4) is 0 Å². The predicted molar refractivity (Wildman–Crippen MR) is 184 cm³/mol. The van der Waals surface area contributed by atoms with E-state index in [-0.39, 0.29) is 6.04 Å². The third-order valence-corrected chi connectivity index (χ3v) is 9.63. The Kier molecular flexibility index (Phi) is 11.9. The number of anilines is 1. The number of aryl methyl sites for hydroxylation is 1. The number of thiophene rings is 1. The van der Waals surface area contributed by atoms with Gasteiger partial charge in [-0.25, -0.2) is 9.97 Å². The third-order valence-electron chi connectivity index (χ3n) is 8.51. The zero-order chi connectivity index (χ0) is 30.7. The topological polar surface area (TPSA) is 71.5 Å². The van der Waals surface area contributed by atoms with Crippen LogP contribution in [0.2, 0.25) is 0 Å². The molecule has 8 heteroatoms. The van der Waals surface area contributed by atoms with Crippen molar-refractivity contribution in [3.8, 4) is 22.6 Å². The zero-order valence-electron chi connectivity index (χ0n) is 27.0. The molecule has 1 saturated heterocycles. The molecule has 0 aliphatic carbocycles. The van der Waals surface area contributed by atoms with Gasteiger partial charge in [0, 0.05) is 22.9 Å². The molecule has 1 aliphatic heterocycles. The lowest BCUT2D eigenvalue weighted by atomic mass is 10.0. The van der Waals surface area contributed by atoms with Crippen molar-refractivity contribution in [2.24, 2.45) is 0 Å². The van der Waals surface area contributed by atoms with Crippen LogP contribution in [0.5, 0.6) is 11.5 Å². The summed E-state index contributed by atoms with van der Waals surface area (Å²) in [6.07, 6.45) is 10.3. The van der Waals surface area contributed by atoms with Gasteiger partial charge in [0.2, 0.25) is 0 Å². The number of unbranched alkanes of at least 4 members (excludes halogenated alkanes) is 4. The maximum Gasteiger partial charge on any atom is 0.162 e. The summed E-state index contributed by atoms with van der Waals surface area (Å²) in [5.41, 5.74) is 4.66. The molecule has 236 valence electrons. The summed E-state index contributed by atoms with van der Waals surface area (Å²) in [5, 5.41) is 10.1. The number of likely N-dealkylation sites (tertiary alicyclic amines) is 1. The highest BCUT2D eigenvalue weighted by atomic mass is 32.1. The second kappa shape index (κ2) is 16.2. The van der Waals surface area contributed by atoms with Crippen LogP contribution in [0.1, 0.15) is 80.6 Å². The van der Waals surface area contributed by atoms with Crippen LogP contribution in [-0.4, -0.2) is 55.3 Å². The smallest absolute Gasteiger partial charge is 0.162 e. The van der Waals surface area contributed by atoms with E-state index in [1.54, 1.807) is 18.4 Å². The Labute approximate surface area is 267 Å². The first-order chi connectivity index (χ1) is 21.6. The van der Waals surface area contributed by atoms with Gasteiger partial charge in [-0.05, 0) is 100 Å². The Morgan fingerprint density at radius 2 is 1.75 bits per heavy atom. The van der Waals surface area contributed by atoms with E-state index in [2.05, 4.69) is 58.2 Å². The van der Waals surface area contributed by atoms with Crippen molar-refractivity contribution < 1.29 is 9.47 Å². The first-order valence-corrected chi connectivity index (χ1v) is 17.2. The van der Waals surface area contributed by atoms with Gasteiger partial charge < -0.3 is 25.0 Å². The van der Waals surface area contributed by atoms with Crippen molar-refractivity contribution >= 4 is 28.1 Å². The Hall–Kier alpha value is -3.20. The minimum absolute atomic E-state index is 0.0732. The Bertz CT molecular complexity index is 1480. The fourth-order valence-corrected chi connectivity index (χ4v) is 7.03. The normalized spacial score (nSPS) is 14.5. The monoisotopic (exact) mass is 615 g/mol. The summed E-state index contributed by atoms with van der Waals surface area (Å²) in [7, 11) is 3.68. The van der Waals surface area contributed by atoms with Gasteiger partial charge in [0.05, 0.1) is 25.3 Å². The van der Waals surface area contributed by atoms with E-state index in [1.165, 1.54) is 86.1 Å². The maximum absolute atomic E-state index is 6.28. The number of hydrogen-bond acceptors (Lipinski definition) is 8. The van der Waals surface area contributed by atoms with Gasteiger partial charge in [0.25, 0.3) is 0 Å². The molecule has 2 N–H and O–H groups in total. The van der Waals surface area contributed by atoms with Crippen LogP contribution in [0.15, 0.2) is 47.8 Å². The van der Waals surface area contributed by atoms with Crippen LogP contribution >= 0.6 is 11.3 Å². The van der Waals surface area contributed by atoms with Crippen LogP contribution in [0.4, 0.5) is 5.82 Å². The largest absolute Gasteiger partial charge is 0.493 e. The SMILES string of the molecule is CNCc1ccccc1-c1csc([C@@H](C)Nc2nc(C)nc3cc(OC)c(OCCCCCCCN4CCCCC4)cc23)c1. The summed E-state index contributed by atoms with van der Waals surface area (Å²) in [6, 6.07) is 15.0. The molecular weight excluding hydrogens is 566 g/mol. The van der Waals surface area contributed by atoms with E-state index in [0.29, 0.717) is 12.4 Å². The van der Waals surface area contributed by atoms with Gasteiger partial charge in [0.15, 0.2) is 11.5 Å². The van der Waals surface area contributed by atoms with Crippen molar-refractivity contribution in [1.82, 2.24) is 20.2 Å². The number of rotatable bonds is 16. The third kappa shape index (κ3) is 8.49. The van der Waals surface area contributed by atoms with Crippen molar-refractivity contribution in [2.45, 2.75) is 77.8 Å². The number of methoxy groups -OCH3 is 1. The molecule has 7 nitrogen and oxygen atoms in total. The van der Waals surface area contributed by atoms with E-state index in [9.17, 15) is 0 Å². The minimum atomic E-state index is 0.0732. The lowest BCUT2D eigenvalue weighted by molar-refractivity contribution is 0.223.